The van der Waals surface area contributed by atoms with E-state index in [1.807, 2.05) is 0 Å². The molecule has 0 fully saturated rings. The molecule has 0 spiro atoms. The van der Waals surface area contributed by atoms with Gasteiger partial charge in [0.05, 0.1) is 6.20 Å². The van der Waals surface area contributed by atoms with Crippen LogP contribution in [0.15, 0.2) is 43.0 Å². The molecule has 0 aromatic carbocycles. The number of hydrogen-bond donors (Lipinski definition) is 1. The Bertz CT molecular complexity index is 500. The predicted octanol–water partition coefficient (Wildman–Crippen LogP) is 1.97. The molecule has 2 aromatic rings. The number of carbonyl (C=O) groups is 1. The summed E-state index contributed by atoms with van der Waals surface area (Å²) in [5, 5.41) is 8.92. The molecular formula is C11H8N2O3. The molecule has 0 aliphatic heterocycles. The third-order valence-corrected chi connectivity index (χ3v) is 1.89. The highest BCUT2D eigenvalue weighted by atomic mass is 16.5. The summed E-state index contributed by atoms with van der Waals surface area (Å²) < 4.78 is 5.39. The molecule has 0 saturated carbocycles. The number of rotatable bonds is 3. The van der Waals surface area contributed by atoms with Crippen molar-refractivity contribution >= 4 is 5.97 Å². The van der Waals surface area contributed by atoms with Crippen molar-refractivity contribution in [1.29, 1.82) is 0 Å². The zero-order valence-corrected chi connectivity index (χ0v) is 8.20. The fraction of sp³-hybridized carbons (Fsp3) is 0. The van der Waals surface area contributed by atoms with Crippen molar-refractivity contribution in [3.8, 4) is 11.5 Å². The van der Waals surface area contributed by atoms with Gasteiger partial charge in [0.25, 0.3) is 0 Å². The van der Waals surface area contributed by atoms with Gasteiger partial charge < -0.3 is 9.84 Å². The van der Waals surface area contributed by atoms with Crippen LogP contribution in [0.25, 0.3) is 0 Å². The van der Waals surface area contributed by atoms with E-state index in [0.717, 1.165) is 0 Å². The van der Waals surface area contributed by atoms with Gasteiger partial charge in [-0.3, -0.25) is 9.97 Å². The summed E-state index contributed by atoms with van der Waals surface area (Å²) in [6.45, 7) is 0. The molecular weight excluding hydrogens is 208 g/mol. The third kappa shape index (κ3) is 2.14. The van der Waals surface area contributed by atoms with Gasteiger partial charge in [-0.15, -0.1) is 0 Å². The number of aromatic carboxylic acids is 1. The Morgan fingerprint density at radius 2 is 1.81 bits per heavy atom. The fourth-order valence-electron chi connectivity index (χ4n) is 1.17. The second-order valence-corrected chi connectivity index (χ2v) is 2.96. The highest BCUT2D eigenvalue weighted by Gasteiger charge is 2.11. The molecule has 2 rings (SSSR count). The van der Waals surface area contributed by atoms with Crippen molar-refractivity contribution in [3.05, 3.63) is 48.5 Å². The summed E-state index contributed by atoms with van der Waals surface area (Å²) in [5.41, 5.74) is 0.0758. The first-order valence-electron chi connectivity index (χ1n) is 4.52. The first-order chi connectivity index (χ1) is 7.77. The van der Waals surface area contributed by atoms with E-state index < -0.39 is 5.97 Å². The van der Waals surface area contributed by atoms with E-state index in [9.17, 15) is 4.79 Å². The Hall–Kier alpha value is -2.43. The van der Waals surface area contributed by atoms with Gasteiger partial charge >= 0.3 is 5.97 Å². The highest BCUT2D eigenvalue weighted by Crippen LogP contribution is 2.23. The second kappa shape index (κ2) is 4.39. The van der Waals surface area contributed by atoms with Gasteiger partial charge in [0.2, 0.25) is 0 Å². The van der Waals surface area contributed by atoms with Crippen LogP contribution >= 0.6 is 0 Å². The third-order valence-electron chi connectivity index (χ3n) is 1.89. The summed E-state index contributed by atoms with van der Waals surface area (Å²) in [4.78, 5) is 18.5. The van der Waals surface area contributed by atoms with E-state index >= 15 is 0 Å². The van der Waals surface area contributed by atoms with E-state index in [1.54, 1.807) is 24.5 Å². The van der Waals surface area contributed by atoms with Gasteiger partial charge in [0.1, 0.15) is 11.3 Å². The lowest BCUT2D eigenvalue weighted by atomic mass is 10.2. The van der Waals surface area contributed by atoms with Crippen molar-refractivity contribution < 1.29 is 14.6 Å². The Morgan fingerprint density at radius 1 is 1.12 bits per heavy atom. The molecule has 0 bridgehead atoms. The van der Waals surface area contributed by atoms with E-state index in [4.69, 9.17) is 9.84 Å². The molecule has 0 unspecified atom stereocenters. The van der Waals surface area contributed by atoms with Gasteiger partial charge in [0, 0.05) is 18.6 Å². The van der Waals surface area contributed by atoms with Crippen LogP contribution in [0.2, 0.25) is 0 Å². The molecule has 2 heterocycles. The number of pyridine rings is 2. The molecule has 0 radical (unpaired) electrons. The molecule has 1 N–H and O–H groups in total. The quantitative estimate of drug-likeness (QED) is 0.849. The van der Waals surface area contributed by atoms with Crippen LogP contribution in [0.1, 0.15) is 10.4 Å². The standard InChI is InChI=1S/C11H8N2O3/c14-11(15)9-3-6-13-7-10(9)16-8-1-4-12-5-2-8/h1-7H,(H,14,15). The van der Waals surface area contributed by atoms with Crippen LogP contribution in [0.3, 0.4) is 0 Å². The number of hydrogen-bond acceptors (Lipinski definition) is 4. The molecule has 0 aliphatic rings. The summed E-state index contributed by atoms with van der Waals surface area (Å²) in [6, 6.07) is 4.66. The Kier molecular flexibility index (Phi) is 2.77. The van der Waals surface area contributed by atoms with Crippen molar-refractivity contribution in [3.63, 3.8) is 0 Å². The maximum Gasteiger partial charge on any atom is 0.339 e. The molecule has 0 amide bonds. The molecule has 2 aromatic heterocycles. The van der Waals surface area contributed by atoms with E-state index in [2.05, 4.69) is 9.97 Å². The summed E-state index contributed by atoms with van der Waals surface area (Å²) >= 11 is 0. The molecule has 5 nitrogen and oxygen atoms in total. The average molecular weight is 216 g/mol. The van der Waals surface area contributed by atoms with Gasteiger partial charge in [-0.2, -0.15) is 0 Å². The topological polar surface area (TPSA) is 72.3 Å². The minimum Gasteiger partial charge on any atom is -0.478 e. The van der Waals surface area contributed by atoms with Crippen molar-refractivity contribution in [2.24, 2.45) is 0 Å². The summed E-state index contributed by atoms with van der Waals surface area (Å²) in [5.74, 6) is -0.321. The van der Waals surface area contributed by atoms with E-state index in [0.29, 0.717) is 5.75 Å². The maximum atomic E-state index is 10.9. The minimum absolute atomic E-state index is 0.0758. The SMILES string of the molecule is O=C(O)c1ccncc1Oc1ccncc1. The monoisotopic (exact) mass is 216 g/mol. The van der Waals surface area contributed by atoms with E-state index in [-0.39, 0.29) is 11.3 Å². The van der Waals surface area contributed by atoms with E-state index in [1.165, 1.54) is 18.5 Å². The second-order valence-electron chi connectivity index (χ2n) is 2.96. The predicted molar refractivity (Wildman–Crippen MR) is 55.5 cm³/mol. The van der Waals surface area contributed by atoms with Crippen LogP contribution in [-0.2, 0) is 0 Å². The lowest BCUT2D eigenvalue weighted by Crippen LogP contribution is -2.00. The Labute approximate surface area is 91.4 Å². The lowest BCUT2D eigenvalue weighted by molar-refractivity contribution is 0.0694. The largest absolute Gasteiger partial charge is 0.478 e. The van der Waals surface area contributed by atoms with Gasteiger partial charge in [0.15, 0.2) is 5.75 Å². The normalized spacial score (nSPS) is 9.75. The summed E-state index contributed by atoms with van der Waals surface area (Å²) in [7, 11) is 0. The van der Waals surface area contributed by atoms with Crippen LogP contribution in [0.5, 0.6) is 11.5 Å². The Balaban J connectivity index is 2.31. The highest BCUT2D eigenvalue weighted by molar-refractivity contribution is 5.90. The number of aromatic nitrogens is 2. The smallest absolute Gasteiger partial charge is 0.339 e. The van der Waals surface area contributed by atoms with Gasteiger partial charge in [-0.1, -0.05) is 0 Å². The lowest BCUT2D eigenvalue weighted by Gasteiger charge is -2.06. The first kappa shape index (κ1) is 10.1. The Morgan fingerprint density at radius 3 is 2.50 bits per heavy atom. The van der Waals surface area contributed by atoms with Crippen LogP contribution in [-0.4, -0.2) is 21.0 Å². The average Bonchev–Trinajstić information content (AvgIpc) is 2.31. The molecule has 16 heavy (non-hydrogen) atoms. The first-order valence-corrected chi connectivity index (χ1v) is 4.52. The number of nitrogens with zero attached hydrogens (tertiary/aromatic N) is 2. The molecule has 0 atom stereocenters. The fourth-order valence-corrected chi connectivity index (χ4v) is 1.17. The van der Waals surface area contributed by atoms with Gasteiger partial charge in [-0.25, -0.2) is 4.79 Å². The minimum atomic E-state index is -1.05. The number of carboxylic acid groups (broad SMARTS) is 1. The number of carboxylic acids is 1. The zero-order chi connectivity index (χ0) is 11.4. The van der Waals surface area contributed by atoms with Crippen molar-refractivity contribution in [2.45, 2.75) is 0 Å². The van der Waals surface area contributed by atoms with Crippen molar-refractivity contribution in [2.75, 3.05) is 0 Å². The van der Waals surface area contributed by atoms with Crippen LogP contribution in [0, 0.1) is 0 Å². The zero-order valence-electron chi connectivity index (χ0n) is 8.20. The summed E-state index contributed by atoms with van der Waals surface area (Å²) in [6.07, 6.45) is 5.89. The molecule has 0 saturated heterocycles. The molecule has 5 heteroatoms. The maximum absolute atomic E-state index is 10.9. The van der Waals surface area contributed by atoms with Gasteiger partial charge in [-0.05, 0) is 18.2 Å². The molecule has 80 valence electrons. The molecule has 0 aliphatic carbocycles. The van der Waals surface area contributed by atoms with Crippen LogP contribution in [0.4, 0.5) is 0 Å². The van der Waals surface area contributed by atoms with Crippen molar-refractivity contribution in [1.82, 2.24) is 9.97 Å². The van der Waals surface area contributed by atoms with Crippen LogP contribution < -0.4 is 4.74 Å². The number of ether oxygens (including phenoxy) is 1.